The second-order valence-corrected chi connectivity index (χ2v) is 8.13. The van der Waals surface area contributed by atoms with E-state index in [1.807, 2.05) is 28.9 Å². The zero-order chi connectivity index (χ0) is 22.8. The van der Waals surface area contributed by atoms with Crippen LogP contribution in [-0.4, -0.2) is 27.8 Å². The molecular formula is C25H24N4O4. The predicted octanol–water partition coefficient (Wildman–Crippen LogP) is 4.11. The molecule has 0 unspecified atom stereocenters. The van der Waals surface area contributed by atoms with Crippen molar-refractivity contribution in [3.8, 4) is 17.1 Å². The molecule has 8 heteroatoms. The molecule has 1 N–H and O–H groups in total. The van der Waals surface area contributed by atoms with Crippen LogP contribution in [0.1, 0.15) is 47.8 Å². The first kappa shape index (κ1) is 20.9. The fourth-order valence-corrected chi connectivity index (χ4v) is 4.37. The number of carbonyl (C=O) groups is 1. The lowest BCUT2D eigenvalue weighted by Gasteiger charge is -2.13. The summed E-state index contributed by atoms with van der Waals surface area (Å²) in [7, 11) is 1.50. The Morgan fingerprint density at radius 1 is 1.18 bits per heavy atom. The van der Waals surface area contributed by atoms with Gasteiger partial charge in [-0.05, 0) is 43.2 Å². The smallest absolute Gasteiger partial charge is 0.349 e. The second-order valence-electron chi connectivity index (χ2n) is 8.13. The van der Waals surface area contributed by atoms with E-state index in [1.54, 1.807) is 24.4 Å². The van der Waals surface area contributed by atoms with Crippen LogP contribution in [-0.2, 0) is 6.54 Å². The highest BCUT2D eigenvalue weighted by Gasteiger charge is 2.23. The maximum Gasteiger partial charge on any atom is 0.349 e. The van der Waals surface area contributed by atoms with Gasteiger partial charge in [-0.1, -0.05) is 31.0 Å². The van der Waals surface area contributed by atoms with E-state index in [0.29, 0.717) is 28.5 Å². The number of carbonyl (C=O) groups excluding carboxylic acids is 1. The highest BCUT2D eigenvalue weighted by Crippen LogP contribution is 2.33. The van der Waals surface area contributed by atoms with Crippen molar-refractivity contribution in [3.63, 3.8) is 0 Å². The van der Waals surface area contributed by atoms with E-state index in [0.717, 1.165) is 24.2 Å². The van der Waals surface area contributed by atoms with Gasteiger partial charge in [-0.2, -0.15) is 5.10 Å². The molecule has 0 aliphatic heterocycles. The number of para-hydroxylation sites is 1. The molecule has 1 aliphatic rings. The Morgan fingerprint density at radius 3 is 2.79 bits per heavy atom. The van der Waals surface area contributed by atoms with E-state index in [1.165, 1.54) is 26.0 Å². The quantitative estimate of drug-likeness (QED) is 0.450. The maximum atomic E-state index is 12.8. The lowest BCUT2D eigenvalue weighted by atomic mass is 10.1. The number of pyridine rings is 1. The number of ether oxygens (including phenoxy) is 1. The van der Waals surface area contributed by atoms with Gasteiger partial charge in [-0.3, -0.25) is 14.5 Å². The Morgan fingerprint density at radius 2 is 2.03 bits per heavy atom. The molecule has 0 saturated heterocycles. The number of benzene rings is 1. The molecule has 1 amide bonds. The molecule has 1 aliphatic carbocycles. The molecule has 8 nitrogen and oxygen atoms in total. The summed E-state index contributed by atoms with van der Waals surface area (Å²) >= 11 is 0. The normalized spacial score (nSPS) is 14.0. The molecular weight excluding hydrogens is 420 g/mol. The van der Waals surface area contributed by atoms with E-state index in [9.17, 15) is 9.59 Å². The SMILES string of the molecule is COc1cccc2cc(C(=O)NCc3cc(-c4ccccn4)n(C4CCCC4)n3)c(=O)oc12. The number of amides is 1. The largest absolute Gasteiger partial charge is 0.493 e. The Bertz CT molecular complexity index is 1350. The van der Waals surface area contributed by atoms with Crippen molar-refractivity contribution in [2.45, 2.75) is 38.3 Å². The van der Waals surface area contributed by atoms with Crippen LogP contribution in [0.3, 0.4) is 0 Å². The van der Waals surface area contributed by atoms with Gasteiger partial charge in [0.25, 0.3) is 5.91 Å². The van der Waals surface area contributed by atoms with Crippen molar-refractivity contribution in [2.24, 2.45) is 0 Å². The fourth-order valence-electron chi connectivity index (χ4n) is 4.37. The van der Waals surface area contributed by atoms with Gasteiger partial charge in [0.2, 0.25) is 0 Å². The molecule has 1 aromatic carbocycles. The van der Waals surface area contributed by atoms with E-state index in [4.69, 9.17) is 14.3 Å². The van der Waals surface area contributed by atoms with Gasteiger partial charge in [-0.25, -0.2) is 4.79 Å². The summed E-state index contributed by atoms with van der Waals surface area (Å²) in [6, 6.07) is 14.8. The van der Waals surface area contributed by atoms with Crippen LogP contribution < -0.4 is 15.7 Å². The average molecular weight is 444 g/mol. The number of hydrogen-bond donors (Lipinski definition) is 1. The molecule has 33 heavy (non-hydrogen) atoms. The summed E-state index contributed by atoms with van der Waals surface area (Å²) in [4.78, 5) is 29.7. The molecule has 0 atom stereocenters. The van der Waals surface area contributed by atoms with Gasteiger partial charge in [0.15, 0.2) is 11.3 Å². The number of methoxy groups -OCH3 is 1. The molecule has 3 aromatic heterocycles. The molecule has 4 aromatic rings. The van der Waals surface area contributed by atoms with Crippen molar-refractivity contribution >= 4 is 16.9 Å². The minimum absolute atomic E-state index is 0.0593. The van der Waals surface area contributed by atoms with Crippen LogP contribution in [0, 0.1) is 0 Å². The minimum Gasteiger partial charge on any atom is -0.493 e. The topological polar surface area (TPSA) is 99.2 Å². The first-order valence-electron chi connectivity index (χ1n) is 11.0. The lowest BCUT2D eigenvalue weighted by Crippen LogP contribution is -2.28. The maximum absolute atomic E-state index is 12.8. The summed E-state index contributed by atoms with van der Waals surface area (Å²) < 4.78 is 12.6. The fraction of sp³-hybridized carbons (Fsp3) is 0.280. The number of aromatic nitrogens is 3. The van der Waals surface area contributed by atoms with Crippen molar-refractivity contribution in [1.82, 2.24) is 20.1 Å². The lowest BCUT2D eigenvalue weighted by molar-refractivity contribution is 0.0946. The van der Waals surface area contributed by atoms with Crippen LogP contribution in [0.5, 0.6) is 5.75 Å². The summed E-state index contributed by atoms with van der Waals surface area (Å²) in [6.07, 6.45) is 6.28. The average Bonchev–Trinajstić information content (AvgIpc) is 3.52. The summed E-state index contributed by atoms with van der Waals surface area (Å²) in [5, 5.41) is 8.19. The standard InChI is InChI=1S/C25H24N4O4/c1-32-22-11-6-7-16-13-19(25(31)33-23(16)22)24(30)27-15-17-14-21(20-10-4-5-12-26-20)29(28-17)18-8-2-3-9-18/h4-7,10-14,18H,2-3,8-9,15H2,1H3,(H,27,30). The zero-order valence-electron chi connectivity index (χ0n) is 18.3. The minimum atomic E-state index is -0.713. The molecule has 5 rings (SSSR count). The van der Waals surface area contributed by atoms with E-state index in [-0.39, 0.29) is 12.1 Å². The van der Waals surface area contributed by atoms with E-state index < -0.39 is 11.5 Å². The highest BCUT2D eigenvalue weighted by atomic mass is 16.5. The van der Waals surface area contributed by atoms with Gasteiger partial charge >= 0.3 is 5.63 Å². The Labute approximate surface area is 190 Å². The molecule has 0 spiro atoms. The number of rotatable bonds is 6. The van der Waals surface area contributed by atoms with Gasteiger partial charge < -0.3 is 14.5 Å². The number of fused-ring (bicyclic) bond motifs is 1. The Hall–Kier alpha value is -3.94. The van der Waals surface area contributed by atoms with Gasteiger partial charge in [-0.15, -0.1) is 0 Å². The molecule has 3 heterocycles. The third-order valence-electron chi connectivity index (χ3n) is 6.00. The van der Waals surface area contributed by atoms with Crippen LogP contribution in [0.4, 0.5) is 0 Å². The first-order chi connectivity index (χ1) is 16.1. The number of nitrogens with zero attached hydrogens (tertiary/aromatic N) is 3. The summed E-state index contributed by atoms with van der Waals surface area (Å²) in [6.45, 7) is 0.188. The monoisotopic (exact) mass is 444 g/mol. The van der Waals surface area contributed by atoms with Crippen molar-refractivity contribution in [1.29, 1.82) is 0 Å². The molecule has 0 radical (unpaired) electrons. The first-order valence-corrected chi connectivity index (χ1v) is 11.0. The van der Waals surface area contributed by atoms with E-state index >= 15 is 0 Å². The third-order valence-corrected chi connectivity index (χ3v) is 6.00. The van der Waals surface area contributed by atoms with Crippen LogP contribution in [0.25, 0.3) is 22.4 Å². The summed E-state index contributed by atoms with van der Waals surface area (Å²) in [5.74, 6) is -0.0701. The summed E-state index contributed by atoms with van der Waals surface area (Å²) in [5.41, 5.74) is 2.04. The molecule has 0 bridgehead atoms. The second kappa shape index (κ2) is 8.90. The predicted molar refractivity (Wildman–Crippen MR) is 123 cm³/mol. The third kappa shape index (κ3) is 4.11. The molecule has 1 saturated carbocycles. The molecule has 168 valence electrons. The molecule has 1 fully saturated rings. The van der Waals surface area contributed by atoms with Gasteiger partial charge in [0.05, 0.1) is 36.8 Å². The Balaban J connectivity index is 1.40. The van der Waals surface area contributed by atoms with Crippen molar-refractivity contribution in [3.05, 3.63) is 76.4 Å². The van der Waals surface area contributed by atoms with Gasteiger partial charge in [0.1, 0.15) is 5.56 Å². The zero-order valence-corrected chi connectivity index (χ0v) is 18.3. The number of nitrogens with one attached hydrogen (secondary N) is 1. The van der Waals surface area contributed by atoms with Gasteiger partial charge in [0, 0.05) is 11.6 Å². The van der Waals surface area contributed by atoms with E-state index in [2.05, 4.69) is 10.3 Å². The van der Waals surface area contributed by atoms with Crippen molar-refractivity contribution in [2.75, 3.05) is 7.11 Å². The highest BCUT2D eigenvalue weighted by molar-refractivity contribution is 5.97. The number of hydrogen-bond acceptors (Lipinski definition) is 6. The Kier molecular flexibility index (Phi) is 5.64. The van der Waals surface area contributed by atoms with Crippen LogP contribution >= 0.6 is 0 Å². The van der Waals surface area contributed by atoms with Crippen LogP contribution in [0.2, 0.25) is 0 Å². The van der Waals surface area contributed by atoms with Crippen molar-refractivity contribution < 1.29 is 13.9 Å². The van der Waals surface area contributed by atoms with Crippen LogP contribution in [0.15, 0.2) is 63.9 Å².